The molecular weight excluding hydrogens is 705 g/mol. The van der Waals surface area contributed by atoms with E-state index in [9.17, 15) is 0 Å². The van der Waals surface area contributed by atoms with Gasteiger partial charge in [0.15, 0.2) is 23.3 Å². The Hall–Kier alpha value is -7.35. The second-order valence-electron chi connectivity index (χ2n) is 12.9. The summed E-state index contributed by atoms with van der Waals surface area (Å²) < 4.78 is 89.7. The first kappa shape index (κ1) is 23.4. The molecule has 0 amide bonds. The van der Waals surface area contributed by atoms with Crippen LogP contribution in [0.1, 0.15) is 13.7 Å². The quantitative estimate of drug-likeness (QED) is 0.170. The van der Waals surface area contributed by atoms with Gasteiger partial charge in [-0.1, -0.05) is 145 Å². The third-order valence-electron chi connectivity index (χ3n) is 9.67. The molecule has 0 atom stereocenters. The summed E-state index contributed by atoms with van der Waals surface area (Å²) in [5.74, 6) is -0.426. The summed E-state index contributed by atoms with van der Waals surface area (Å²) in [4.78, 5) is 24.7. The number of thiophene rings is 1. The number of nitrogens with zero attached hydrogens (tertiary/aromatic N) is 6. The van der Waals surface area contributed by atoms with Gasteiger partial charge in [0.05, 0.1) is 46.3 Å². The lowest BCUT2D eigenvalue weighted by Crippen LogP contribution is -2.03. The zero-order valence-electron chi connectivity index (χ0n) is 39.1. The minimum absolute atomic E-state index is 0.0750. The molecule has 262 valence electrons. The summed E-state index contributed by atoms with van der Waals surface area (Å²) in [6, 6.07) is 33.5. The average molecular weight is 745 g/mol. The fourth-order valence-electron chi connectivity index (χ4n) is 7.19. The number of aromatic nitrogens is 6. The fraction of sp³-hybridized carbons (Fsp3) is 0. The molecule has 0 aliphatic carbocycles. The van der Waals surface area contributed by atoms with Crippen LogP contribution in [0.5, 0.6) is 0 Å². The van der Waals surface area contributed by atoms with E-state index in [2.05, 4.69) is 27.8 Å². The van der Waals surface area contributed by atoms with Crippen molar-refractivity contribution in [2.45, 2.75) is 0 Å². The van der Waals surface area contributed by atoms with Gasteiger partial charge in [0.25, 0.3) is 0 Å². The highest BCUT2D eigenvalue weighted by Gasteiger charge is 2.22. The summed E-state index contributed by atoms with van der Waals surface area (Å²) in [6.07, 6.45) is 0. The molecule has 0 N–H and O–H groups in total. The molecule has 7 aromatic carbocycles. The van der Waals surface area contributed by atoms with E-state index in [4.69, 9.17) is 33.6 Å². The molecule has 0 spiro atoms. The third kappa shape index (κ3) is 5.36. The van der Waals surface area contributed by atoms with Crippen molar-refractivity contribution in [2.24, 2.45) is 0 Å². The first-order valence-electron chi connectivity index (χ1n) is 22.7. The van der Waals surface area contributed by atoms with Crippen LogP contribution in [-0.2, 0) is 0 Å². The Labute approximate surface area is 340 Å². The van der Waals surface area contributed by atoms with Crippen molar-refractivity contribution in [3.05, 3.63) is 182 Å². The maximum atomic E-state index is 8.84. The summed E-state index contributed by atoms with van der Waals surface area (Å²) in [6.45, 7) is 0. The summed E-state index contributed by atoms with van der Waals surface area (Å²) in [7, 11) is 0. The first-order chi connectivity index (χ1) is 31.9. The topological polar surface area (TPSA) is 69.4 Å². The monoisotopic (exact) mass is 744 g/mol. The highest BCUT2D eigenvalue weighted by Crippen LogP contribution is 2.42. The first-order valence-corrected chi connectivity index (χ1v) is 18.5. The predicted octanol–water partition coefficient (Wildman–Crippen LogP) is 12.5. The molecule has 0 fully saturated rings. The van der Waals surface area contributed by atoms with Gasteiger partial charge in [-0.2, -0.15) is 0 Å². The number of para-hydroxylation sites is 2. The van der Waals surface area contributed by atoms with Crippen molar-refractivity contribution < 1.29 is 13.7 Å². The van der Waals surface area contributed by atoms with Gasteiger partial charge < -0.3 is 4.57 Å². The molecule has 0 aliphatic heterocycles. The molecule has 11 aromatic rings. The van der Waals surface area contributed by atoms with Crippen LogP contribution in [0.15, 0.2) is 182 Å². The van der Waals surface area contributed by atoms with E-state index in [1.165, 1.54) is 0 Å². The lowest BCUT2D eigenvalue weighted by Gasteiger charge is -2.16. The standard InChI is InChI=1S/C49H30N6S/c1-4-16-31(17-5-1)43-45-44(37-24-12-15-27-42(37)56-45)51-49(50-43)38-30-34(28-29-41(38)55-39-25-13-10-22-35(39)36-23-11-14-26-40(36)55)48-53-46(32-18-6-2-7-19-32)52-47(54-48)33-20-8-3-9-21-33/h1-30H/i2D,3D,6D,7D,8D,9D,18D,19D,20D,21D. The van der Waals surface area contributed by atoms with E-state index in [1.54, 1.807) is 17.4 Å². The Kier molecular flexibility index (Phi) is 5.52. The van der Waals surface area contributed by atoms with E-state index in [1.807, 2.05) is 97.1 Å². The van der Waals surface area contributed by atoms with Gasteiger partial charge in [0, 0.05) is 48.7 Å². The normalized spacial score (nSPS) is 14.1. The Morgan fingerprint density at radius 2 is 1.00 bits per heavy atom. The number of hydrogen-bond acceptors (Lipinski definition) is 6. The lowest BCUT2D eigenvalue weighted by molar-refractivity contribution is 1.07. The van der Waals surface area contributed by atoms with E-state index in [0.29, 0.717) is 22.6 Å². The lowest BCUT2D eigenvalue weighted by atomic mass is 10.0. The summed E-state index contributed by atoms with van der Waals surface area (Å²) >= 11 is 1.61. The molecule has 0 aliphatic rings. The van der Waals surface area contributed by atoms with Gasteiger partial charge in [0.2, 0.25) is 0 Å². The van der Waals surface area contributed by atoms with Crippen LogP contribution in [0.25, 0.3) is 105 Å². The Bertz CT molecular complexity index is 3660. The van der Waals surface area contributed by atoms with Gasteiger partial charge in [-0.15, -0.1) is 11.3 Å². The van der Waals surface area contributed by atoms with Crippen LogP contribution in [0.4, 0.5) is 0 Å². The second kappa shape index (κ2) is 13.2. The van der Waals surface area contributed by atoms with Gasteiger partial charge in [-0.25, -0.2) is 24.9 Å². The van der Waals surface area contributed by atoms with Crippen molar-refractivity contribution in [3.63, 3.8) is 0 Å². The number of benzene rings is 7. The maximum Gasteiger partial charge on any atom is 0.164 e. The maximum absolute atomic E-state index is 8.84. The zero-order valence-corrected chi connectivity index (χ0v) is 30.0. The largest absolute Gasteiger partial charge is 0.309 e. The van der Waals surface area contributed by atoms with E-state index >= 15 is 0 Å². The Balaban J connectivity index is 1.26. The molecule has 11 rings (SSSR count). The number of hydrogen-bond donors (Lipinski definition) is 0. The predicted molar refractivity (Wildman–Crippen MR) is 230 cm³/mol. The second-order valence-corrected chi connectivity index (χ2v) is 14.0. The molecule has 4 aromatic heterocycles. The Morgan fingerprint density at radius 1 is 0.446 bits per heavy atom. The van der Waals surface area contributed by atoms with Crippen LogP contribution in [0.2, 0.25) is 0 Å². The van der Waals surface area contributed by atoms with E-state index in [-0.39, 0.29) is 28.6 Å². The molecule has 4 heterocycles. The Morgan fingerprint density at radius 3 is 1.64 bits per heavy atom. The van der Waals surface area contributed by atoms with Crippen LogP contribution in [0, 0.1) is 0 Å². The summed E-state index contributed by atoms with van der Waals surface area (Å²) in [5.41, 5.74) is 5.11. The number of rotatable bonds is 6. The molecule has 0 unspecified atom stereocenters. The van der Waals surface area contributed by atoms with Gasteiger partial charge in [-0.05, 0) is 36.4 Å². The van der Waals surface area contributed by atoms with Crippen LogP contribution >= 0.6 is 11.3 Å². The van der Waals surface area contributed by atoms with Crippen molar-refractivity contribution in [1.82, 2.24) is 29.5 Å². The van der Waals surface area contributed by atoms with Crippen LogP contribution in [0.3, 0.4) is 0 Å². The molecule has 7 heteroatoms. The zero-order chi connectivity index (χ0) is 45.7. The minimum atomic E-state index is -0.627. The average Bonchev–Trinajstić information content (AvgIpc) is 3.89. The smallest absolute Gasteiger partial charge is 0.164 e. The molecule has 0 saturated carbocycles. The highest BCUT2D eigenvalue weighted by atomic mass is 32.1. The number of fused-ring (bicyclic) bond motifs is 6. The fourth-order valence-corrected chi connectivity index (χ4v) is 8.34. The van der Waals surface area contributed by atoms with Crippen LogP contribution < -0.4 is 0 Å². The third-order valence-corrected chi connectivity index (χ3v) is 10.8. The molecular formula is C49H30N6S. The van der Waals surface area contributed by atoms with Gasteiger partial charge in [0.1, 0.15) is 0 Å². The SMILES string of the molecule is [2H]c1c([2H])c([2H])c(-c2nc(-c3ccc(-n4c5ccccc5c5ccccc54)c(-c4nc(-c5ccccc5)c5sc6ccccc6c5n4)c3)nc(-c3c([2H])c([2H])c([2H])c([2H])c3[2H])n2)c([2H])c1[2H]. The molecule has 56 heavy (non-hydrogen) atoms. The van der Waals surface area contributed by atoms with Gasteiger partial charge in [-0.3, -0.25) is 0 Å². The molecule has 0 saturated heterocycles. The van der Waals surface area contributed by atoms with E-state index < -0.39 is 60.4 Å². The van der Waals surface area contributed by atoms with Crippen molar-refractivity contribution in [1.29, 1.82) is 0 Å². The van der Waals surface area contributed by atoms with Crippen molar-refractivity contribution in [2.75, 3.05) is 0 Å². The summed E-state index contributed by atoms with van der Waals surface area (Å²) in [5, 5.41) is 3.01. The van der Waals surface area contributed by atoms with Crippen molar-refractivity contribution >= 4 is 53.4 Å². The minimum Gasteiger partial charge on any atom is -0.309 e. The molecule has 0 bridgehead atoms. The molecule has 6 nitrogen and oxygen atoms in total. The van der Waals surface area contributed by atoms with Gasteiger partial charge >= 0.3 is 0 Å². The van der Waals surface area contributed by atoms with E-state index in [0.717, 1.165) is 53.4 Å². The highest BCUT2D eigenvalue weighted by molar-refractivity contribution is 7.26. The van der Waals surface area contributed by atoms with Crippen molar-refractivity contribution in [3.8, 4) is 62.5 Å². The van der Waals surface area contributed by atoms with Crippen LogP contribution in [-0.4, -0.2) is 29.5 Å². The molecule has 0 radical (unpaired) electrons.